The Hall–Kier alpha value is -3.15. The molecule has 1 atom stereocenters. The van der Waals surface area contributed by atoms with E-state index in [1.165, 1.54) is 31.7 Å². The van der Waals surface area contributed by atoms with Crippen LogP contribution in [0.5, 0.6) is 0 Å². The molecule has 226 valence electrons. The van der Waals surface area contributed by atoms with E-state index >= 15 is 0 Å². The number of carbonyl (C=O) groups excluding carboxylic acids is 5. The first kappa shape index (κ1) is 32.4. The molecule has 11 heteroatoms. The summed E-state index contributed by atoms with van der Waals surface area (Å²) in [6, 6.07) is 3.58. The van der Waals surface area contributed by atoms with Gasteiger partial charge in [0.25, 0.3) is 11.8 Å². The number of nitrogens with one attached hydrogen (secondary N) is 2. The molecule has 1 saturated heterocycles. The highest BCUT2D eigenvalue weighted by atomic mass is 16.5. The second-order valence-electron chi connectivity index (χ2n) is 10.3. The molecule has 1 unspecified atom stereocenters. The Balaban J connectivity index is 1.26. The van der Waals surface area contributed by atoms with Gasteiger partial charge in [-0.1, -0.05) is 45.1 Å². The van der Waals surface area contributed by atoms with Crippen LogP contribution in [0, 0.1) is 0 Å². The van der Waals surface area contributed by atoms with Gasteiger partial charge in [0.2, 0.25) is 17.7 Å². The van der Waals surface area contributed by atoms with Crippen LogP contribution < -0.4 is 10.6 Å². The Kier molecular flexibility index (Phi) is 13.9. The van der Waals surface area contributed by atoms with Crippen LogP contribution in [-0.2, 0) is 28.6 Å². The van der Waals surface area contributed by atoms with E-state index in [1.807, 2.05) is 0 Å². The summed E-state index contributed by atoms with van der Waals surface area (Å²) in [6.07, 6.45) is 8.75. The molecular formula is C30H43N3O8. The Morgan fingerprint density at radius 1 is 0.854 bits per heavy atom. The van der Waals surface area contributed by atoms with Crippen molar-refractivity contribution < 1.29 is 38.2 Å². The monoisotopic (exact) mass is 573 g/mol. The Bertz CT molecular complexity index is 1060. The van der Waals surface area contributed by atoms with E-state index in [1.54, 1.807) is 12.1 Å². The number of amides is 5. The van der Waals surface area contributed by atoms with E-state index < -0.39 is 29.7 Å². The maximum absolute atomic E-state index is 13.1. The van der Waals surface area contributed by atoms with Gasteiger partial charge in [-0.25, -0.2) is 0 Å². The molecule has 41 heavy (non-hydrogen) atoms. The lowest BCUT2D eigenvalue weighted by Gasteiger charge is -2.27. The number of piperidine rings is 1. The molecule has 1 aromatic rings. The Morgan fingerprint density at radius 2 is 1.49 bits per heavy atom. The highest BCUT2D eigenvalue weighted by Gasteiger charge is 2.45. The standard InChI is InChI=1S/C30H43N3O8/c1-2-3-4-5-8-16-39-18-20-41-21-19-40-17-9-6-7-13-25(34)31-23-12-10-11-22-27(23)30(38)33(29(22)37)24-14-15-26(35)32-28(24)36/h10-12,24H,2-9,13-21H2,1H3,(H,31,34)(H,32,35,36). The minimum Gasteiger partial charge on any atom is -0.379 e. The largest absolute Gasteiger partial charge is 0.379 e. The van der Waals surface area contributed by atoms with Crippen LogP contribution in [0.1, 0.15) is 98.3 Å². The fraction of sp³-hybridized carbons (Fsp3) is 0.633. The number of rotatable bonds is 20. The number of carbonyl (C=O) groups is 5. The summed E-state index contributed by atoms with van der Waals surface area (Å²) in [7, 11) is 0. The number of hydrogen-bond acceptors (Lipinski definition) is 8. The number of hydrogen-bond donors (Lipinski definition) is 2. The normalized spacial score (nSPS) is 16.7. The first-order valence-corrected chi connectivity index (χ1v) is 14.8. The molecule has 2 N–H and O–H groups in total. The second kappa shape index (κ2) is 17.6. The van der Waals surface area contributed by atoms with E-state index in [4.69, 9.17) is 14.2 Å². The van der Waals surface area contributed by atoms with Crippen molar-refractivity contribution in [2.75, 3.05) is 45.0 Å². The molecule has 11 nitrogen and oxygen atoms in total. The zero-order chi connectivity index (χ0) is 29.5. The van der Waals surface area contributed by atoms with Crippen LogP contribution >= 0.6 is 0 Å². The fourth-order valence-corrected chi connectivity index (χ4v) is 4.85. The number of imide groups is 2. The summed E-state index contributed by atoms with van der Waals surface area (Å²) in [6.45, 7) is 5.77. The average Bonchev–Trinajstić information content (AvgIpc) is 3.20. The second-order valence-corrected chi connectivity index (χ2v) is 10.3. The molecule has 2 aliphatic heterocycles. The van der Waals surface area contributed by atoms with Crippen LogP contribution in [0.3, 0.4) is 0 Å². The third-order valence-electron chi connectivity index (χ3n) is 7.07. The molecule has 0 radical (unpaired) electrons. The van der Waals surface area contributed by atoms with Gasteiger partial charge < -0.3 is 19.5 Å². The molecule has 3 rings (SSSR count). The molecule has 5 amide bonds. The number of benzene rings is 1. The van der Waals surface area contributed by atoms with Gasteiger partial charge in [-0.2, -0.15) is 0 Å². The molecule has 2 aliphatic rings. The summed E-state index contributed by atoms with van der Waals surface area (Å²) in [5.41, 5.74) is 0.436. The van der Waals surface area contributed by atoms with E-state index in [2.05, 4.69) is 17.6 Å². The predicted molar refractivity (Wildman–Crippen MR) is 151 cm³/mol. The van der Waals surface area contributed by atoms with Crippen molar-refractivity contribution in [3.63, 3.8) is 0 Å². The van der Waals surface area contributed by atoms with Gasteiger partial charge >= 0.3 is 0 Å². The van der Waals surface area contributed by atoms with E-state index in [9.17, 15) is 24.0 Å². The molecule has 0 aliphatic carbocycles. The fourth-order valence-electron chi connectivity index (χ4n) is 4.85. The van der Waals surface area contributed by atoms with Crippen LogP contribution in [0.15, 0.2) is 18.2 Å². The van der Waals surface area contributed by atoms with E-state index in [-0.39, 0.29) is 42.0 Å². The number of fused-ring (bicyclic) bond motifs is 1. The van der Waals surface area contributed by atoms with Gasteiger partial charge in [0.05, 0.1) is 43.2 Å². The van der Waals surface area contributed by atoms with Crippen LogP contribution in [0.4, 0.5) is 5.69 Å². The number of nitrogens with zero attached hydrogens (tertiary/aromatic N) is 1. The van der Waals surface area contributed by atoms with Crippen molar-refractivity contribution in [1.29, 1.82) is 0 Å². The highest BCUT2D eigenvalue weighted by Crippen LogP contribution is 2.32. The lowest BCUT2D eigenvalue weighted by atomic mass is 10.0. The minimum atomic E-state index is -1.05. The summed E-state index contributed by atoms with van der Waals surface area (Å²) >= 11 is 0. The maximum Gasteiger partial charge on any atom is 0.264 e. The smallest absolute Gasteiger partial charge is 0.264 e. The lowest BCUT2D eigenvalue weighted by molar-refractivity contribution is -0.136. The zero-order valence-electron chi connectivity index (χ0n) is 24.0. The van der Waals surface area contributed by atoms with Crippen molar-refractivity contribution in [2.24, 2.45) is 0 Å². The Morgan fingerprint density at radius 3 is 2.15 bits per heavy atom. The molecule has 0 spiro atoms. The summed E-state index contributed by atoms with van der Waals surface area (Å²) < 4.78 is 16.6. The van der Waals surface area contributed by atoms with Gasteiger partial charge in [-0.15, -0.1) is 0 Å². The predicted octanol–water partition coefficient (Wildman–Crippen LogP) is 3.61. The molecule has 0 bridgehead atoms. The molecular weight excluding hydrogens is 530 g/mol. The van der Waals surface area contributed by atoms with Gasteiger partial charge in [-0.05, 0) is 37.8 Å². The molecule has 0 aromatic heterocycles. The Labute approximate surface area is 241 Å². The van der Waals surface area contributed by atoms with Gasteiger partial charge in [0.1, 0.15) is 6.04 Å². The first-order chi connectivity index (χ1) is 19.9. The van der Waals surface area contributed by atoms with Crippen molar-refractivity contribution in [3.05, 3.63) is 29.3 Å². The van der Waals surface area contributed by atoms with Gasteiger partial charge in [0.15, 0.2) is 0 Å². The molecule has 1 aromatic carbocycles. The highest BCUT2D eigenvalue weighted by molar-refractivity contribution is 6.26. The van der Waals surface area contributed by atoms with E-state index in [0.29, 0.717) is 39.5 Å². The van der Waals surface area contributed by atoms with Crippen molar-refractivity contribution in [1.82, 2.24) is 10.2 Å². The summed E-state index contributed by atoms with van der Waals surface area (Å²) in [5.74, 6) is -2.64. The topological polar surface area (TPSA) is 140 Å². The van der Waals surface area contributed by atoms with Crippen LogP contribution in [0.2, 0.25) is 0 Å². The third kappa shape index (κ3) is 10.0. The van der Waals surface area contributed by atoms with Gasteiger partial charge in [-0.3, -0.25) is 34.2 Å². The summed E-state index contributed by atoms with van der Waals surface area (Å²) in [5, 5.41) is 4.91. The SMILES string of the molecule is CCCCCCCOCCOCCOCCCCCC(=O)Nc1cccc2c1C(=O)N(C1CCC(=O)NC1=O)C2=O. The van der Waals surface area contributed by atoms with Crippen molar-refractivity contribution in [3.8, 4) is 0 Å². The quantitative estimate of drug-likeness (QED) is 0.178. The average molecular weight is 574 g/mol. The van der Waals surface area contributed by atoms with E-state index in [0.717, 1.165) is 30.8 Å². The molecule has 0 saturated carbocycles. The first-order valence-electron chi connectivity index (χ1n) is 14.8. The van der Waals surface area contributed by atoms with Crippen molar-refractivity contribution >= 4 is 35.2 Å². The van der Waals surface area contributed by atoms with Crippen molar-refractivity contribution in [2.45, 2.75) is 83.6 Å². The minimum absolute atomic E-state index is 0.0427. The number of anilines is 1. The third-order valence-corrected chi connectivity index (χ3v) is 7.07. The molecule has 1 fully saturated rings. The van der Waals surface area contributed by atoms with Gasteiger partial charge in [0, 0.05) is 26.1 Å². The summed E-state index contributed by atoms with van der Waals surface area (Å²) in [4.78, 5) is 63.2. The van der Waals surface area contributed by atoms with Crippen LogP contribution in [-0.4, -0.2) is 80.1 Å². The lowest BCUT2D eigenvalue weighted by Crippen LogP contribution is -2.54. The molecule has 2 heterocycles. The van der Waals surface area contributed by atoms with Crippen LogP contribution in [0.25, 0.3) is 0 Å². The number of unbranched alkanes of at least 4 members (excludes halogenated alkanes) is 6. The maximum atomic E-state index is 13.1. The number of ether oxygens (including phenoxy) is 3. The zero-order valence-corrected chi connectivity index (χ0v) is 24.0.